The highest BCUT2D eigenvalue weighted by Crippen LogP contribution is 2.20. The third-order valence-electron chi connectivity index (χ3n) is 2.43. The van der Waals surface area contributed by atoms with E-state index in [1.165, 1.54) is 18.2 Å². The van der Waals surface area contributed by atoms with Gasteiger partial charge in [0.05, 0.1) is 15.5 Å². The van der Waals surface area contributed by atoms with Crippen LogP contribution in [0.3, 0.4) is 0 Å². The Morgan fingerprint density at radius 3 is 2.35 bits per heavy atom. The third kappa shape index (κ3) is 3.09. The molecule has 0 atom stereocenters. The van der Waals surface area contributed by atoms with Crippen LogP contribution in [0.1, 0.15) is 0 Å². The normalized spacial score (nSPS) is 11.1. The molecule has 0 saturated heterocycles. The Morgan fingerprint density at radius 1 is 1.10 bits per heavy atom. The number of benzene rings is 2. The van der Waals surface area contributed by atoms with Crippen molar-refractivity contribution in [2.75, 3.05) is 4.72 Å². The summed E-state index contributed by atoms with van der Waals surface area (Å²) in [5.74, 6) is -0.556. The number of non-ortho nitro benzene ring substituents is 1. The Morgan fingerprint density at radius 2 is 1.75 bits per heavy atom. The van der Waals surface area contributed by atoms with Gasteiger partial charge in [-0.2, -0.15) is 0 Å². The van der Waals surface area contributed by atoms with Gasteiger partial charge in [-0.25, -0.2) is 12.8 Å². The number of hydrogen-bond donors (Lipinski definition) is 1. The van der Waals surface area contributed by atoms with Crippen molar-refractivity contribution in [1.29, 1.82) is 0 Å². The van der Waals surface area contributed by atoms with Gasteiger partial charge in [0.2, 0.25) is 0 Å². The number of halogens is 1. The molecule has 0 bridgehead atoms. The molecular weight excluding hydrogens is 287 g/mol. The summed E-state index contributed by atoms with van der Waals surface area (Å²) in [4.78, 5) is 9.85. The van der Waals surface area contributed by atoms with Crippen molar-refractivity contribution in [3.8, 4) is 0 Å². The molecule has 0 saturated carbocycles. The van der Waals surface area contributed by atoms with Gasteiger partial charge in [-0.3, -0.25) is 14.8 Å². The first-order valence-electron chi connectivity index (χ1n) is 5.41. The SMILES string of the molecule is O=[N+]([O-])c1cccc(NS(=O)(=O)c2ccc(F)cc2)c1. The van der Waals surface area contributed by atoms with E-state index in [1.807, 2.05) is 0 Å². The van der Waals surface area contributed by atoms with E-state index in [-0.39, 0.29) is 16.3 Å². The van der Waals surface area contributed by atoms with Crippen LogP contribution in [0.4, 0.5) is 15.8 Å². The van der Waals surface area contributed by atoms with Gasteiger partial charge in [0.1, 0.15) is 5.82 Å². The molecule has 6 nitrogen and oxygen atoms in total. The van der Waals surface area contributed by atoms with Crippen LogP contribution < -0.4 is 4.72 Å². The van der Waals surface area contributed by atoms with E-state index in [0.717, 1.165) is 30.3 Å². The highest BCUT2D eigenvalue weighted by Gasteiger charge is 2.15. The first-order valence-corrected chi connectivity index (χ1v) is 6.90. The predicted molar refractivity (Wildman–Crippen MR) is 70.3 cm³/mol. The van der Waals surface area contributed by atoms with Gasteiger partial charge in [-0.1, -0.05) is 6.07 Å². The zero-order valence-electron chi connectivity index (χ0n) is 9.99. The van der Waals surface area contributed by atoms with Crippen molar-refractivity contribution in [3.05, 3.63) is 64.5 Å². The zero-order valence-corrected chi connectivity index (χ0v) is 10.8. The summed E-state index contributed by atoms with van der Waals surface area (Å²) in [6, 6.07) is 9.33. The number of nitrogens with one attached hydrogen (secondary N) is 1. The van der Waals surface area contributed by atoms with Gasteiger partial charge in [-0.05, 0) is 30.3 Å². The first-order chi connectivity index (χ1) is 9.38. The molecule has 0 aliphatic heterocycles. The molecular formula is C12H9FN2O4S. The van der Waals surface area contributed by atoms with Crippen LogP contribution in [-0.2, 0) is 10.0 Å². The Labute approximate surface area is 114 Å². The summed E-state index contributed by atoms with van der Waals surface area (Å²) < 4.78 is 38.9. The van der Waals surface area contributed by atoms with E-state index in [4.69, 9.17) is 0 Å². The lowest BCUT2D eigenvalue weighted by molar-refractivity contribution is -0.384. The van der Waals surface area contributed by atoms with Gasteiger partial charge in [0, 0.05) is 12.1 Å². The fourth-order valence-corrected chi connectivity index (χ4v) is 2.56. The average molecular weight is 296 g/mol. The molecule has 104 valence electrons. The topological polar surface area (TPSA) is 89.3 Å². The van der Waals surface area contributed by atoms with Crippen molar-refractivity contribution >= 4 is 21.4 Å². The summed E-state index contributed by atoms with van der Waals surface area (Å²) in [5, 5.41) is 10.6. The minimum Gasteiger partial charge on any atom is -0.279 e. The molecule has 0 aromatic heterocycles. The van der Waals surface area contributed by atoms with Crippen LogP contribution in [0, 0.1) is 15.9 Å². The van der Waals surface area contributed by atoms with Gasteiger partial charge in [0.15, 0.2) is 0 Å². The Hall–Kier alpha value is -2.48. The molecule has 2 aromatic rings. The van der Waals surface area contributed by atoms with E-state index in [9.17, 15) is 22.9 Å². The van der Waals surface area contributed by atoms with E-state index >= 15 is 0 Å². The third-order valence-corrected chi connectivity index (χ3v) is 3.83. The lowest BCUT2D eigenvalue weighted by Gasteiger charge is -2.07. The first kappa shape index (κ1) is 13.9. The number of nitro benzene ring substituents is 1. The van der Waals surface area contributed by atoms with E-state index in [2.05, 4.69) is 4.72 Å². The van der Waals surface area contributed by atoms with E-state index in [0.29, 0.717) is 0 Å². The fraction of sp³-hybridized carbons (Fsp3) is 0. The van der Waals surface area contributed by atoms with E-state index < -0.39 is 20.8 Å². The fourth-order valence-electron chi connectivity index (χ4n) is 1.51. The minimum absolute atomic E-state index is 0.0588. The Kier molecular flexibility index (Phi) is 3.66. The number of sulfonamides is 1. The van der Waals surface area contributed by atoms with Gasteiger partial charge < -0.3 is 0 Å². The largest absolute Gasteiger partial charge is 0.279 e. The quantitative estimate of drug-likeness (QED) is 0.693. The smallest absolute Gasteiger partial charge is 0.271 e. The summed E-state index contributed by atoms with van der Waals surface area (Å²) in [7, 11) is -3.91. The molecule has 20 heavy (non-hydrogen) atoms. The molecule has 2 rings (SSSR count). The molecule has 0 radical (unpaired) electrons. The summed E-state index contributed by atoms with van der Waals surface area (Å²) in [5.41, 5.74) is -0.173. The van der Waals surface area contributed by atoms with Crippen molar-refractivity contribution in [2.24, 2.45) is 0 Å². The molecule has 1 N–H and O–H groups in total. The zero-order chi connectivity index (χ0) is 14.8. The Balaban J connectivity index is 2.31. The molecule has 0 spiro atoms. The van der Waals surface area contributed by atoms with Crippen LogP contribution in [-0.4, -0.2) is 13.3 Å². The van der Waals surface area contributed by atoms with Crippen LogP contribution in [0.5, 0.6) is 0 Å². The monoisotopic (exact) mass is 296 g/mol. The van der Waals surface area contributed by atoms with Crippen LogP contribution >= 0.6 is 0 Å². The van der Waals surface area contributed by atoms with Crippen LogP contribution in [0.2, 0.25) is 0 Å². The van der Waals surface area contributed by atoms with Crippen molar-refractivity contribution < 1.29 is 17.7 Å². The maximum absolute atomic E-state index is 12.8. The number of nitro groups is 1. The maximum Gasteiger partial charge on any atom is 0.271 e. The summed E-state index contributed by atoms with van der Waals surface area (Å²) >= 11 is 0. The highest BCUT2D eigenvalue weighted by atomic mass is 32.2. The molecule has 2 aromatic carbocycles. The second-order valence-corrected chi connectivity index (χ2v) is 5.55. The lowest BCUT2D eigenvalue weighted by atomic mass is 10.3. The molecule has 8 heteroatoms. The maximum atomic E-state index is 12.8. The van der Waals surface area contributed by atoms with Gasteiger partial charge >= 0.3 is 0 Å². The van der Waals surface area contributed by atoms with Gasteiger partial charge in [0.25, 0.3) is 15.7 Å². The summed E-state index contributed by atoms with van der Waals surface area (Å²) in [6.45, 7) is 0. The number of hydrogen-bond acceptors (Lipinski definition) is 4. The number of nitrogens with zero attached hydrogens (tertiary/aromatic N) is 1. The molecule has 0 fully saturated rings. The standard InChI is InChI=1S/C12H9FN2O4S/c13-9-4-6-12(7-5-9)20(18,19)14-10-2-1-3-11(8-10)15(16)17/h1-8,14H. The minimum atomic E-state index is -3.91. The molecule has 0 aliphatic carbocycles. The predicted octanol–water partition coefficient (Wildman–Crippen LogP) is 2.53. The second-order valence-electron chi connectivity index (χ2n) is 3.87. The van der Waals surface area contributed by atoms with Gasteiger partial charge in [-0.15, -0.1) is 0 Å². The van der Waals surface area contributed by atoms with Crippen LogP contribution in [0.25, 0.3) is 0 Å². The van der Waals surface area contributed by atoms with E-state index in [1.54, 1.807) is 0 Å². The molecule has 0 unspecified atom stereocenters. The Bertz CT molecular complexity index is 744. The summed E-state index contributed by atoms with van der Waals surface area (Å²) in [6.07, 6.45) is 0. The van der Waals surface area contributed by atoms with Crippen molar-refractivity contribution in [2.45, 2.75) is 4.90 Å². The average Bonchev–Trinajstić information content (AvgIpc) is 2.39. The second kappa shape index (κ2) is 5.25. The molecule has 0 aliphatic rings. The van der Waals surface area contributed by atoms with Crippen LogP contribution in [0.15, 0.2) is 53.4 Å². The lowest BCUT2D eigenvalue weighted by Crippen LogP contribution is -2.13. The number of rotatable bonds is 4. The highest BCUT2D eigenvalue weighted by molar-refractivity contribution is 7.92. The number of anilines is 1. The van der Waals surface area contributed by atoms with Crippen molar-refractivity contribution in [3.63, 3.8) is 0 Å². The molecule has 0 heterocycles. The molecule has 0 amide bonds. The van der Waals surface area contributed by atoms with Crippen molar-refractivity contribution in [1.82, 2.24) is 0 Å².